The molecule has 0 spiro atoms. The van der Waals surface area contributed by atoms with Crippen molar-refractivity contribution in [3.05, 3.63) is 60.2 Å². The van der Waals surface area contributed by atoms with Crippen molar-refractivity contribution in [1.29, 1.82) is 0 Å². The van der Waals surface area contributed by atoms with Crippen LogP contribution in [-0.2, 0) is 6.61 Å². The van der Waals surface area contributed by atoms with Crippen LogP contribution in [0.4, 0.5) is 4.39 Å². The lowest BCUT2D eigenvalue weighted by atomic mass is 10.2. The lowest BCUT2D eigenvalue weighted by molar-refractivity contribution is 0.304. The van der Waals surface area contributed by atoms with Gasteiger partial charge in [0.2, 0.25) is 0 Å². The van der Waals surface area contributed by atoms with E-state index in [2.05, 4.69) is 15.5 Å². The Kier molecular flexibility index (Phi) is 3.95. The zero-order valence-electron chi connectivity index (χ0n) is 11.8. The van der Waals surface area contributed by atoms with E-state index >= 15 is 0 Å². The van der Waals surface area contributed by atoms with Crippen molar-refractivity contribution in [2.24, 2.45) is 0 Å². The number of tetrazole rings is 1. The van der Waals surface area contributed by atoms with E-state index in [1.807, 2.05) is 12.1 Å². The van der Waals surface area contributed by atoms with Crippen LogP contribution < -0.4 is 9.47 Å². The Labute approximate surface area is 126 Å². The molecule has 0 bridgehead atoms. The van der Waals surface area contributed by atoms with E-state index in [9.17, 15) is 4.39 Å². The number of halogens is 1. The highest BCUT2D eigenvalue weighted by Gasteiger charge is 2.04. The Morgan fingerprint density at radius 2 is 1.95 bits per heavy atom. The van der Waals surface area contributed by atoms with E-state index in [1.54, 1.807) is 28.9 Å². The molecular formula is C15H13FN4O2. The maximum Gasteiger partial charge on any atom is 0.165 e. The van der Waals surface area contributed by atoms with Crippen molar-refractivity contribution in [2.45, 2.75) is 6.61 Å². The van der Waals surface area contributed by atoms with Gasteiger partial charge in [0.1, 0.15) is 18.7 Å². The second-order valence-electron chi connectivity index (χ2n) is 4.51. The molecule has 0 aliphatic rings. The molecule has 0 atom stereocenters. The van der Waals surface area contributed by atoms with Crippen molar-refractivity contribution in [2.75, 3.05) is 7.11 Å². The van der Waals surface area contributed by atoms with Gasteiger partial charge in [0.15, 0.2) is 11.6 Å². The number of benzene rings is 2. The third kappa shape index (κ3) is 3.03. The standard InChI is InChI=1S/C15H13FN4O2/c1-21-15-7-2-11(8-14(15)16)9-22-13-5-3-12(4-6-13)20-10-17-18-19-20/h2-8,10H,9H2,1H3. The highest BCUT2D eigenvalue weighted by atomic mass is 19.1. The van der Waals surface area contributed by atoms with Crippen molar-refractivity contribution in [3.8, 4) is 17.2 Å². The summed E-state index contributed by atoms with van der Waals surface area (Å²) < 4.78 is 25.6. The normalized spacial score (nSPS) is 10.5. The number of rotatable bonds is 5. The third-order valence-electron chi connectivity index (χ3n) is 3.07. The largest absolute Gasteiger partial charge is 0.494 e. The van der Waals surface area contributed by atoms with Crippen LogP contribution in [-0.4, -0.2) is 27.3 Å². The molecule has 1 aromatic heterocycles. The van der Waals surface area contributed by atoms with Crippen LogP contribution in [0.2, 0.25) is 0 Å². The van der Waals surface area contributed by atoms with Crippen LogP contribution in [0.15, 0.2) is 48.8 Å². The molecule has 0 fully saturated rings. The maximum atomic E-state index is 13.6. The Hall–Kier alpha value is -2.96. The average Bonchev–Trinajstić information content (AvgIpc) is 3.08. The predicted molar refractivity (Wildman–Crippen MR) is 76.4 cm³/mol. The van der Waals surface area contributed by atoms with Gasteiger partial charge >= 0.3 is 0 Å². The Morgan fingerprint density at radius 3 is 2.59 bits per heavy atom. The summed E-state index contributed by atoms with van der Waals surface area (Å²) in [6.45, 7) is 0.269. The molecule has 3 rings (SSSR count). The van der Waals surface area contributed by atoms with Crippen molar-refractivity contribution in [1.82, 2.24) is 20.2 Å². The van der Waals surface area contributed by atoms with Gasteiger partial charge in [0, 0.05) is 0 Å². The molecule has 0 aliphatic carbocycles. The lowest BCUT2D eigenvalue weighted by Gasteiger charge is -2.08. The first-order chi connectivity index (χ1) is 10.8. The molecule has 0 radical (unpaired) electrons. The van der Waals surface area contributed by atoms with Crippen LogP contribution >= 0.6 is 0 Å². The second-order valence-corrected chi connectivity index (χ2v) is 4.51. The van der Waals surface area contributed by atoms with Gasteiger partial charge < -0.3 is 9.47 Å². The minimum atomic E-state index is -0.405. The van der Waals surface area contributed by atoms with Crippen LogP contribution in [0, 0.1) is 5.82 Å². The quantitative estimate of drug-likeness (QED) is 0.724. The van der Waals surface area contributed by atoms with Gasteiger partial charge in [-0.1, -0.05) is 6.07 Å². The van der Waals surface area contributed by atoms with Gasteiger partial charge in [-0.3, -0.25) is 0 Å². The summed E-state index contributed by atoms with van der Waals surface area (Å²) in [7, 11) is 1.43. The van der Waals surface area contributed by atoms with Gasteiger partial charge in [-0.25, -0.2) is 9.07 Å². The molecule has 0 unspecified atom stereocenters. The number of ether oxygens (including phenoxy) is 2. The first-order valence-corrected chi connectivity index (χ1v) is 6.55. The molecule has 0 aliphatic heterocycles. The zero-order valence-corrected chi connectivity index (χ0v) is 11.8. The molecule has 2 aromatic carbocycles. The molecular weight excluding hydrogens is 287 g/mol. The van der Waals surface area contributed by atoms with Gasteiger partial charge in [-0.15, -0.1) is 5.10 Å². The van der Waals surface area contributed by atoms with Crippen molar-refractivity contribution >= 4 is 0 Å². The molecule has 3 aromatic rings. The first kappa shape index (κ1) is 14.0. The third-order valence-corrected chi connectivity index (χ3v) is 3.07. The minimum Gasteiger partial charge on any atom is -0.494 e. The topological polar surface area (TPSA) is 62.1 Å². The van der Waals surface area contributed by atoms with Crippen molar-refractivity contribution < 1.29 is 13.9 Å². The summed E-state index contributed by atoms with van der Waals surface area (Å²) in [5.74, 6) is 0.486. The average molecular weight is 300 g/mol. The zero-order chi connectivity index (χ0) is 15.4. The summed E-state index contributed by atoms with van der Waals surface area (Å²) in [5.41, 5.74) is 1.55. The number of hydrogen-bond donors (Lipinski definition) is 0. The van der Waals surface area contributed by atoms with E-state index in [0.717, 1.165) is 11.3 Å². The summed E-state index contributed by atoms with van der Waals surface area (Å²) in [4.78, 5) is 0. The number of nitrogens with zero attached hydrogens (tertiary/aromatic N) is 4. The van der Waals surface area contributed by atoms with E-state index in [1.165, 1.54) is 19.5 Å². The van der Waals surface area contributed by atoms with Crippen LogP contribution in [0.3, 0.4) is 0 Å². The van der Waals surface area contributed by atoms with E-state index in [4.69, 9.17) is 9.47 Å². The fraction of sp³-hybridized carbons (Fsp3) is 0.133. The molecule has 1 heterocycles. The highest BCUT2D eigenvalue weighted by molar-refractivity contribution is 5.36. The first-order valence-electron chi connectivity index (χ1n) is 6.55. The number of hydrogen-bond acceptors (Lipinski definition) is 5. The highest BCUT2D eigenvalue weighted by Crippen LogP contribution is 2.20. The van der Waals surface area contributed by atoms with Crippen LogP contribution in [0.5, 0.6) is 11.5 Å². The molecule has 6 nitrogen and oxygen atoms in total. The van der Waals surface area contributed by atoms with Gasteiger partial charge in [0.05, 0.1) is 12.8 Å². The van der Waals surface area contributed by atoms with E-state index < -0.39 is 5.82 Å². The Bertz CT molecular complexity index is 745. The SMILES string of the molecule is COc1ccc(COc2ccc(-n3cnnn3)cc2)cc1F. The lowest BCUT2D eigenvalue weighted by Crippen LogP contribution is -1.98. The Morgan fingerprint density at radius 1 is 1.14 bits per heavy atom. The fourth-order valence-electron chi connectivity index (χ4n) is 1.94. The minimum absolute atomic E-state index is 0.217. The molecule has 0 saturated carbocycles. The predicted octanol–water partition coefficient (Wildman–Crippen LogP) is 2.39. The van der Waals surface area contributed by atoms with Crippen LogP contribution in [0.1, 0.15) is 5.56 Å². The Balaban J connectivity index is 1.65. The monoisotopic (exact) mass is 300 g/mol. The van der Waals surface area contributed by atoms with E-state index in [0.29, 0.717) is 5.75 Å². The second kappa shape index (κ2) is 6.21. The van der Waals surface area contributed by atoms with Crippen molar-refractivity contribution in [3.63, 3.8) is 0 Å². The summed E-state index contributed by atoms with van der Waals surface area (Å²) >= 11 is 0. The maximum absolute atomic E-state index is 13.6. The molecule has 0 amide bonds. The van der Waals surface area contributed by atoms with E-state index in [-0.39, 0.29) is 12.4 Å². The summed E-state index contributed by atoms with van der Waals surface area (Å²) in [6.07, 6.45) is 1.51. The number of aromatic nitrogens is 4. The molecule has 0 N–H and O–H groups in total. The molecule has 112 valence electrons. The smallest absolute Gasteiger partial charge is 0.165 e. The molecule has 0 saturated heterocycles. The van der Waals surface area contributed by atoms with Crippen LogP contribution in [0.25, 0.3) is 5.69 Å². The number of methoxy groups -OCH3 is 1. The van der Waals surface area contributed by atoms with Gasteiger partial charge in [-0.2, -0.15) is 0 Å². The van der Waals surface area contributed by atoms with Gasteiger partial charge in [-0.05, 0) is 52.4 Å². The summed E-state index contributed by atoms with van der Waals surface area (Å²) in [6, 6.07) is 12.0. The summed E-state index contributed by atoms with van der Waals surface area (Å²) in [5, 5.41) is 10.9. The molecule has 7 heteroatoms. The van der Waals surface area contributed by atoms with Gasteiger partial charge in [0.25, 0.3) is 0 Å². The molecule has 22 heavy (non-hydrogen) atoms. The fourth-order valence-corrected chi connectivity index (χ4v) is 1.94.